The Labute approximate surface area is 208 Å². The molecule has 1 aliphatic rings. The average Bonchev–Trinajstić information content (AvgIpc) is 3.15. The van der Waals surface area contributed by atoms with E-state index in [-0.39, 0.29) is 17.7 Å². The van der Waals surface area contributed by atoms with Gasteiger partial charge in [0.15, 0.2) is 0 Å². The van der Waals surface area contributed by atoms with Gasteiger partial charge in [-0.15, -0.1) is 0 Å². The lowest BCUT2D eigenvalue weighted by Gasteiger charge is -2.13. The molecule has 0 radical (unpaired) electrons. The van der Waals surface area contributed by atoms with Crippen molar-refractivity contribution in [3.05, 3.63) is 113 Å². The lowest BCUT2D eigenvalue weighted by atomic mass is 10.1. The van der Waals surface area contributed by atoms with Crippen LogP contribution in [0.5, 0.6) is 11.5 Å². The number of rotatable bonds is 8. The van der Waals surface area contributed by atoms with Crippen LogP contribution in [-0.2, 0) is 11.3 Å². The van der Waals surface area contributed by atoms with Crippen LogP contribution in [0, 0.1) is 0 Å². The van der Waals surface area contributed by atoms with Gasteiger partial charge in [0.2, 0.25) is 0 Å². The number of ether oxygens (including phenoxy) is 2. The quantitative estimate of drug-likeness (QED) is 0.211. The van der Waals surface area contributed by atoms with Crippen LogP contribution in [0.4, 0.5) is 4.79 Å². The number of thioether (sulfide) groups is 1. The summed E-state index contributed by atoms with van der Waals surface area (Å²) in [5, 5.41) is 1.93. The zero-order chi connectivity index (χ0) is 24.0. The van der Waals surface area contributed by atoms with Crippen LogP contribution in [0.3, 0.4) is 0 Å². The first-order valence-corrected chi connectivity index (χ1v) is 12.1. The van der Waals surface area contributed by atoms with E-state index in [9.17, 15) is 9.59 Å². The summed E-state index contributed by atoms with van der Waals surface area (Å²) in [6, 6.07) is 31.0. The van der Waals surface area contributed by atoms with Crippen LogP contribution >= 0.6 is 11.8 Å². The molecule has 35 heavy (non-hydrogen) atoms. The maximum absolute atomic E-state index is 13.1. The third-order valence-corrected chi connectivity index (χ3v) is 6.49. The third kappa shape index (κ3) is 5.39. The van der Waals surface area contributed by atoms with Crippen molar-refractivity contribution in [3.63, 3.8) is 0 Å². The zero-order valence-electron chi connectivity index (χ0n) is 18.9. The van der Waals surface area contributed by atoms with E-state index >= 15 is 0 Å². The van der Waals surface area contributed by atoms with Gasteiger partial charge >= 0.3 is 0 Å². The molecule has 1 saturated heterocycles. The van der Waals surface area contributed by atoms with E-state index in [1.165, 1.54) is 4.90 Å². The molecule has 2 amide bonds. The number of carbonyl (C=O) groups is 2. The molecule has 0 aromatic heterocycles. The van der Waals surface area contributed by atoms with Crippen LogP contribution in [0.25, 0.3) is 16.8 Å². The Bertz CT molecular complexity index is 1400. The molecule has 174 valence electrons. The summed E-state index contributed by atoms with van der Waals surface area (Å²) in [6.07, 6.45) is 1.72. The number of fused-ring (bicyclic) bond motifs is 1. The Hall–Kier alpha value is -4.03. The van der Waals surface area contributed by atoms with Crippen LogP contribution < -0.4 is 9.47 Å². The predicted molar refractivity (Wildman–Crippen MR) is 139 cm³/mol. The summed E-state index contributed by atoms with van der Waals surface area (Å²) in [5.74, 6) is 1.12. The molecule has 0 N–H and O–H groups in total. The molecule has 5 rings (SSSR count). The summed E-state index contributed by atoms with van der Waals surface area (Å²) in [5.41, 5.74) is 1.65. The molecule has 1 fully saturated rings. The van der Waals surface area contributed by atoms with E-state index in [0.29, 0.717) is 23.9 Å². The van der Waals surface area contributed by atoms with E-state index < -0.39 is 0 Å². The molecule has 0 bridgehead atoms. The van der Waals surface area contributed by atoms with E-state index in [1.807, 2.05) is 97.1 Å². The van der Waals surface area contributed by atoms with Crippen molar-refractivity contribution in [2.24, 2.45) is 0 Å². The fourth-order valence-electron chi connectivity index (χ4n) is 3.86. The summed E-state index contributed by atoms with van der Waals surface area (Å²) in [4.78, 5) is 27.4. The maximum atomic E-state index is 13.1. The van der Waals surface area contributed by atoms with Crippen molar-refractivity contribution in [1.82, 2.24) is 4.90 Å². The first kappa shape index (κ1) is 22.7. The number of para-hydroxylation sites is 2. The van der Waals surface area contributed by atoms with Gasteiger partial charge in [0, 0.05) is 5.56 Å². The van der Waals surface area contributed by atoms with Crippen molar-refractivity contribution >= 4 is 39.8 Å². The van der Waals surface area contributed by atoms with Gasteiger partial charge in [-0.05, 0) is 58.4 Å². The molecule has 4 aromatic rings. The monoisotopic (exact) mass is 481 g/mol. The molecule has 0 unspecified atom stereocenters. The maximum Gasteiger partial charge on any atom is 0.293 e. The second kappa shape index (κ2) is 10.5. The van der Waals surface area contributed by atoms with Crippen molar-refractivity contribution in [3.8, 4) is 11.5 Å². The minimum atomic E-state index is -0.296. The number of carbonyl (C=O) groups excluding carboxylic acids is 2. The second-order valence-electron chi connectivity index (χ2n) is 8.00. The highest BCUT2D eigenvalue weighted by Crippen LogP contribution is 2.35. The molecule has 0 saturated carbocycles. The Morgan fingerprint density at radius 3 is 2.31 bits per heavy atom. The van der Waals surface area contributed by atoms with Crippen LogP contribution in [0.2, 0.25) is 0 Å². The fraction of sp³-hybridized carbons (Fsp3) is 0.103. The lowest BCUT2D eigenvalue weighted by molar-refractivity contribution is -0.123. The molecule has 0 spiro atoms. The number of benzene rings is 4. The number of nitrogens with zero attached hydrogens (tertiary/aromatic N) is 1. The molecular formula is C29H23NO4S. The number of imide groups is 1. The Balaban J connectivity index is 1.26. The van der Waals surface area contributed by atoms with Gasteiger partial charge in [-0.3, -0.25) is 14.5 Å². The van der Waals surface area contributed by atoms with Crippen molar-refractivity contribution < 1.29 is 19.1 Å². The van der Waals surface area contributed by atoms with Gasteiger partial charge in [-0.2, -0.15) is 0 Å². The highest BCUT2D eigenvalue weighted by Gasteiger charge is 2.35. The first-order valence-electron chi connectivity index (χ1n) is 11.3. The molecule has 6 heteroatoms. The average molecular weight is 482 g/mol. The Morgan fingerprint density at radius 2 is 1.46 bits per heavy atom. The van der Waals surface area contributed by atoms with E-state index in [2.05, 4.69) is 0 Å². The zero-order valence-corrected chi connectivity index (χ0v) is 19.7. The second-order valence-corrected chi connectivity index (χ2v) is 8.99. The smallest absolute Gasteiger partial charge is 0.293 e. The summed E-state index contributed by atoms with van der Waals surface area (Å²) in [7, 11) is 0. The molecule has 0 atom stereocenters. The fourth-order valence-corrected chi connectivity index (χ4v) is 4.69. The number of hydrogen-bond acceptors (Lipinski definition) is 5. The van der Waals surface area contributed by atoms with Crippen LogP contribution in [-0.4, -0.2) is 29.3 Å². The highest BCUT2D eigenvalue weighted by atomic mass is 32.2. The van der Waals surface area contributed by atoms with Crippen molar-refractivity contribution in [2.45, 2.75) is 6.54 Å². The molecule has 0 aliphatic carbocycles. The van der Waals surface area contributed by atoms with Crippen LogP contribution in [0.1, 0.15) is 11.1 Å². The largest absolute Gasteiger partial charge is 0.490 e. The molecule has 1 aliphatic heterocycles. The summed E-state index contributed by atoms with van der Waals surface area (Å²) < 4.78 is 11.6. The van der Waals surface area contributed by atoms with Gasteiger partial charge in [0.05, 0.1) is 11.4 Å². The van der Waals surface area contributed by atoms with Gasteiger partial charge in [-0.1, -0.05) is 72.8 Å². The summed E-state index contributed by atoms with van der Waals surface area (Å²) in [6.45, 7) is 0.978. The molecule has 1 heterocycles. The third-order valence-electron chi connectivity index (χ3n) is 5.59. The number of amides is 2. The van der Waals surface area contributed by atoms with Gasteiger partial charge in [0.25, 0.3) is 11.1 Å². The van der Waals surface area contributed by atoms with Gasteiger partial charge in [-0.25, -0.2) is 0 Å². The normalized spacial score (nSPS) is 14.6. The highest BCUT2D eigenvalue weighted by molar-refractivity contribution is 8.18. The molecule has 5 nitrogen and oxygen atoms in total. The molecule has 4 aromatic carbocycles. The SMILES string of the molecule is O=C1S/C(=C\c2ccccc2OCCOc2ccccc2)C(=O)N1Cc1ccc2ccccc2c1. The predicted octanol–water partition coefficient (Wildman–Crippen LogP) is 6.53. The topological polar surface area (TPSA) is 55.8 Å². The van der Waals surface area contributed by atoms with E-state index in [0.717, 1.165) is 39.4 Å². The van der Waals surface area contributed by atoms with Crippen molar-refractivity contribution in [1.29, 1.82) is 0 Å². The van der Waals surface area contributed by atoms with E-state index in [1.54, 1.807) is 6.08 Å². The first-order chi connectivity index (χ1) is 17.2. The minimum Gasteiger partial charge on any atom is -0.490 e. The van der Waals surface area contributed by atoms with Crippen LogP contribution in [0.15, 0.2) is 102 Å². The Kier molecular flexibility index (Phi) is 6.82. The minimum absolute atomic E-state index is 0.238. The number of hydrogen-bond donors (Lipinski definition) is 0. The Morgan fingerprint density at radius 1 is 0.743 bits per heavy atom. The van der Waals surface area contributed by atoms with E-state index in [4.69, 9.17) is 9.47 Å². The molecular weight excluding hydrogens is 458 g/mol. The van der Waals surface area contributed by atoms with Gasteiger partial charge in [0.1, 0.15) is 24.7 Å². The van der Waals surface area contributed by atoms with Crippen molar-refractivity contribution in [2.75, 3.05) is 13.2 Å². The standard InChI is InChI=1S/C29H23NO4S/c31-28-27(35-29(32)30(28)20-21-14-15-22-8-4-5-9-23(22)18-21)19-24-10-6-7-13-26(24)34-17-16-33-25-11-2-1-3-12-25/h1-15,18-19H,16-17,20H2/b27-19-. The summed E-state index contributed by atoms with van der Waals surface area (Å²) >= 11 is 0.952. The lowest BCUT2D eigenvalue weighted by Crippen LogP contribution is -2.27. The van der Waals surface area contributed by atoms with Gasteiger partial charge < -0.3 is 9.47 Å².